The minimum Gasteiger partial charge on any atom is -0.328 e. The predicted molar refractivity (Wildman–Crippen MR) is 105 cm³/mol. The molecule has 1 atom stereocenters. The normalized spacial score (nSPS) is 16.3. The van der Waals surface area contributed by atoms with Crippen LogP contribution >= 0.6 is 11.8 Å². The number of nitrogens with zero attached hydrogens (tertiary/aromatic N) is 2. The van der Waals surface area contributed by atoms with Gasteiger partial charge in [0.15, 0.2) is 0 Å². The molecule has 0 amide bonds. The molecular formula is C21H26N2S. The van der Waals surface area contributed by atoms with Gasteiger partial charge in [-0.15, -0.1) is 0 Å². The van der Waals surface area contributed by atoms with Crippen LogP contribution in [0.1, 0.15) is 51.6 Å². The Hall–Kier alpha value is -1.92. The van der Waals surface area contributed by atoms with E-state index in [4.69, 9.17) is 0 Å². The number of hydrogen-bond donors (Lipinski definition) is 0. The summed E-state index contributed by atoms with van der Waals surface area (Å²) in [5, 5.41) is 1.21. The molecule has 24 heavy (non-hydrogen) atoms. The van der Waals surface area contributed by atoms with Crippen molar-refractivity contribution in [3.63, 3.8) is 0 Å². The average Bonchev–Trinajstić information content (AvgIpc) is 2.92. The van der Waals surface area contributed by atoms with Crippen LogP contribution in [-0.4, -0.2) is 9.55 Å². The first-order valence-electron chi connectivity index (χ1n) is 8.46. The number of thioether (sulfide) groups is 1. The average molecular weight is 339 g/mol. The van der Waals surface area contributed by atoms with Crippen LogP contribution in [0.3, 0.4) is 0 Å². The first-order valence-corrected chi connectivity index (χ1v) is 9.28. The second kappa shape index (κ2) is 9.39. The van der Waals surface area contributed by atoms with E-state index < -0.39 is 0 Å². The van der Waals surface area contributed by atoms with Crippen molar-refractivity contribution >= 4 is 11.8 Å². The van der Waals surface area contributed by atoms with Gasteiger partial charge in [0, 0.05) is 30.7 Å². The molecule has 2 nitrogen and oxygen atoms in total. The van der Waals surface area contributed by atoms with Gasteiger partial charge in [-0.2, -0.15) is 0 Å². The Labute approximate surface area is 150 Å². The molecule has 1 aliphatic carbocycles. The van der Waals surface area contributed by atoms with Crippen molar-refractivity contribution in [1.29, 1.82) is 0 Å². The highest BCUT2D eigenvalue weighted by Crippen LogP contribution is 2.35. The molecular weight excluding hydrogens is 312 g/mol. The van der Waals surface area contributed by atoms with Gasteiger partial charge in [0.25, 0.3) is 0 Å². The smallest absolute Gasteiger partial charge is 0.103 e. The Morgan fingerprint density at radius 3 is 2.83 bits per heavy atom. The summed E-state index contributed by atoms with van der Waals surface area (Å²) in [5.74, 6) is 6.84. The SMILES string of the molecule is CC=CC=CC(CC)c1ncn(C)c1SC1=CC=C(C)CC#CC1. The van der Waals surface area contributed by atoms with E-state index in [9.17, 15) is 0 Å². The van der Waals surface area contributed by atoms with Gasteiger partial charge in [-0.1, -0.05) is 72.6 Å². The maximum absolute atomic E-state index is 4.68. The number of aromatic nitrogens is 2. The molecule has 3 heteroatoms. The second-order valence-electron chi connectivity index (χ2n) is 5.93. The van der Waals surface area contributed by atoms with Gasteiger partial charge in [-0.05, 0) is 20.3 Å². The molecule has 0 saturated heterocycles. The Bertz CT molecular complexity index is 736. The number of imidazole rings is 1. The van der Waals surface area contributed by atoms with Crippen molar-refractivity contribution in [2.75, 3.05) is 0 Å². The van der Waals surface area contributed by atoms with Gasteiger partial charge in [0.2, 0.25) is 0 Å². The van der Waals surface area contributed by atoms with Crippen LogP contribution in [0.5, 0.6) is 0 Å². The highest BCUT2D eigenvalue weighted by molar-refractivity contribution is 8.03. The van der Waals surface area contributed by atoms with Crippen molar-refractivity contribution in [3.8, 4) is 11.8 Å². The van der Waals surface area contributed by atoms with E-state index in [2.05, 4.69) is 72.7 Å². The molecule has 0 bridgehead atoms. The van der Waals surface area contributed by atoms with Crippen LogP contribution in [0, 0.1) is 11.8 Å². The fourth-order valence-corrected chi connectivity index (χ4v) is 3.47. The monoisotopic (exact) mass is 338 g/mol. The van der Waals surface area contributed by atoms with E-state index in [1.54, 1.807) is 11.8 Å². The molecule has 0 aromatic carbocycles. The molecule has 1 aromatic heterocycles. The maximum Gasteiger partial charge on any atom is 0.103 e. The van der Waals surface area contributed by atoms with Gasteiger partial charge in [0.05, 0.1) is 12.0 Å². The van der Waals surface area contributed by atoms with Gasteiger partial charge in [-0.3, -0.25) is 0 Å². The van der Waals surface area contributed by atoms with Crippen LogP contribution in [0.25, 0.3) is 0 Å². The zero-order chi connectivity index (χ0) is 17.4. The summed E-state index contributed by atoms with van der Waals surface area (Å²) in [4.78, 5) is 5.95. The topological polar surface area (TPSA) is 17.8 Å². The zero-order valence-corrected chi connectivity index (χ0v) is 15.9. The fourth-order valence-electron chi connectivity index (χ4n) is 2.44. The van der Waals surface area contributed by atoms with E-state index in [1.807, 2.05) is 19.3 Å². The quantitative estimate of drug-likeness (QED) is 0.484. The maximum atomic E-state index is 4.68. The summed E-state index contributed by atoms with van der Waals surface area (Å²) >= 11 is 1.79. The van der Waals surface area contributed by atoms with Crippen LogP contribution < -0.4 is 0 Å². The summed E-state index contributed by atoms with van der Waals surface area (Å²) < 4.78 is 2.12. The zero-order valence-electron chi connectivity index (χ0n) is 15.0. The van der Waals surface area contributed by atoms with Crippen molar-refractivity contribution in [2.45, 2.75) is 51.0 Å². The summed E-state index contributed by atoms with van der Waals surface area (Å²) in [7, 11) is 2.07. The van der Waals surface area contributed by atoms with E-state index in [0.29, 0.717) is 5.92 Å². The lowest BCUT2D eigenvalue weighted by Gasteiger charge is -2.12. The number of aryl methyl sites for hydroxylation is 1. The van der Waals surface area contributed by atoms with Crippen LogP contribution in [0.2, 0.25) is 0 Å². The fraction of sp³-hybridized carbons (Fsp3) is 0.381. The molecule has 0 radical (unpaired) electrons. The number of allylic oxidation sites excluding steroid dienone is 8. The van der Waals surface area contributed by atoms with E-state index in [-0.39, 0.29) is 0 Å². The first-order chi connectivity index (χ1) is 11.7. The molecule has 0 fully saturated rings. The van der Waals surface area contributed by atoms with E-state index >= 15 is 0 Å². The standard InChI is InChI=1S/C21H26N2S/c1-5-7-8-12-18(6-2)20-21(23(4)16-22-20)24-19-13-10-9-11-17(3)14-15-19/h5,7-8,12,14-16,18H,6,11,13H2,1-4H3. The summed E-state index contributed by atoms with van der Waals surface area (Å²) in [6.45, 7) is 6.37. The molecule has 0 spiro atoms. The van der Waals surface area contributed by atoms with Crippen molar-refractivity contribution in [1.82, 2.24) is 9.55 Å². The molecule has 0 aliphatic heterocycles. The third-order valence-electron chi connectivity index (χ3n) is 3.88. The third-order valence-corrected chi connectivity index (χ3v) is 5.12. The molecule has 126 valence electrons. The molecule has 1 aromatic rings. The van der Waals surface area contributed by atoms with Crippen LogP contribution in [-0.2, 0) is 7.05 Å². The number of hydrogen-bond acceptors (Lipinski definition) is 2. The highest BCUT2D eigenvalue weighted by atomic mass is 32.2. The molecule has 2 rings (SSSR count). The lowest BCUT2D eigenvalue weighted by Crippen LogP contribution is -1.98. The van der Waals surface area contributed by atoms with Gasteiger partial charge in [-0.25, -0.2) is 4.98 Å². The summed E-state index contributed by atoms with van der Waals surface area (Å²) in [6, 6.07) is 0. The summed E-state index contributed by atoms with van der Waals surface area (Å²) in [6.07, 6.45) is 17.5. The van der Waals surface area contributed by atoms with Crippen molar-refractivity contribution in [3.05, 3.63) is 59.0 Å². The van der Waals surface area contributed by atoms with Crippen molar-refractivity contribution < 1.29 is 0 Å². The lowest BCUT2D eigenvalue weighted by atomic mass is 10.0. The molecule has 0 saturated carbocycles. The van der Waals surface area contributed by atoms with Gasteiger partial charge >= 0.3 is 0 Å². The molecule has 1 aliphatic rings. The highest BCUT2D eigenvalue weighted by Gasteiger charge is 2.17. The van der Waals surface area contributed by atoms with Gasteiger partial charge in [0.1, 0.15) is 5.03 Å². The Kier molecular flexibility index (Phi) is 7.21. The van der Waals surface area contributed by atoms with Crippen LogP contribution in [0.4, 0.5) is 0 Å². The molecule has 1 unspecified atom stereocenters. The van der Waals surface area contributed by atoms with Crippen LogP contribution in [0.15, 0.2) is 58.3 Å². The Morgan fingerprint density at radius 2 is 2.08 bits per heavy atom. The minimum atomic E-state index is 0.336. The van der Waals surface area contributed by atoms with E-state index in [1.165, 1.54) is 15.5 Å². The summed E-state index contributed by atoms with van der Waals surface area (Å²) in [5.41, 5.74) is 2.47. The third kappa shape index (κ3) is 5.04. The predicted octanol–water partition coefficient (Wildman–Crippen LogP) is 5.77. The molecule has 0 N–H and O–H groups in total. The largest absolute Gasteiger partial charge is 0.328 e. The Balaban J connectivity index is 2.28. The van der Waals surface area contributed by atoms with Crippen molar-refractivity contribution in [2.24, 2.45) is 7.05 Å². The Morgan fingerprint density at radius 1 is 1.29 bits per heavy atom. The first kappa shape index (κ1) is 18.4. The van der Waals surface area contributed by atoms with Gasteiger partial charge < -0.3 is 4.57 Å². The van der Waals surface area contributed by atoms with E-state index in [0.717, 1.165) is 25.0 Å². The minimum absolute atomic E-state index is 0.336. The second-order valence-corrected chi connectivity index (χ2v) is 7.04. The lowest BCUT2D eigenvalue weighted by molar-refractivity contribution is 0.740. The number of rotatable bonds is 6. The molecule has 1 heterocycles.